The summed E-state index contributed by atoms with van der Waals surface area (Å²) in [6.45, 7) is 10.2. The molecule has 0 bridgehead atoms. The maximum atomic E-state index is 12.6. The minimum atomic E-state index is -0.0245. The lowest BCUT2D eigenvalue weighted by Gasteiger charge is -2.31. The van der Waals surface area contributed by atoms with Crippen molar-refractivity contribution in [2.75, 3.05) is 13.1 Å². The van der Waals surface area contributed by atoms with Crippen LogP contribution in [0.15, 0.2) is 16.9 Å². The zero-order valence-electron chi connectivity index (χ0n) is 15.9. The molecule has 3 heterocycles. The highest BCUT2D eigenvalue weighted by atomic mass is 16.2. The zero-order chi connectivity index (χ0) is 18.4. The lowest BCUT2D eigenvalue weighted by molar-refractivity contribution is -0.130. The van der Waals surface area contributed by atoms with E-state index in [1.165, 1.54) is 0 Å². The van der Waals surface area contributed by atoms with Crippen molar-refractivity contribution in [3.8, 4) is 0 Å². The number of amides is 1. The van der Waals surface area contributed by atoms with Gasteiger partial charge in [-0.1, -0.05) is 20.8 Å². The minimum Gasteiger partial charge on any atom is -0.342 e. The average molecular weight is 344 g/mol. The van der Waals surface area contributed by atoms with Gasteiger partial charge in [0.1, 0.15) is 0 Å². The number of aryl methyl sites for hydroxylation is 1. The van der Waals surface area contributed by atoms with Crippen molar-refractivity contribution < 1.29 is 4.79 Å². The molecule has 0 spiro atoms. The Morgan fingerprint density at radius 1 is 1.32 bits per heavy atom. The number of pyridine rings is 1. The maximum Gasteiger partial charge on any atom is 0.330 e. The van der Waals surface area contributed by atoms with E-state index < -0.39 is 0 Å². The minimum absolute atomic E-state index is 0.0160. The molecule has 0 N–H and O–H groups in total. The van der Waals surface area contributed by atoms with Crippen LogP contribution in [0.2, 0.25) is 0 Å². The molecule has 1 fully saturated rings. The van der Waals surface area contributed by atoms with E-state index in [-0.39, 0.29) is 22.9 Å². The molecule has 136 valence electrons. The van der Waals surface area contributed by atoms with Gasteiger partial charge in [0.05, 0.1) is 5.52 Å². The van der Waals surface area contributed by atoms with Crippen LogP contribution in [0.5, 0.6) is 0 Å². The van der Waals surface area contributed by atoms with Crippen LogP contribution in [0.4, 0.5) is 0 Å². The first-order chi connectivity index (χ1) is 11.7. The standard InChI is InChI=1S/C19H28N4O2/c1-13(24)22-10-6-7-14(11-22)15-8-9-16-17(20-15)21(5)18(25)23(16)12-19(2,3)4/h8-9,14H,6-7,10-12H2,1-5H3. The third-order valence-electron chi connectivity index (χ3n) is 4.92. The van der Waals surface area contributed by atoms with E-state index in [4.69, 9.17) is 4.98 Å². The molecule has 1 amide bonds. The molecule has 2 aromatic heterocycles. The summed E-state index contributed by atoms with van der Waals surface area (Å²) in [5.74, 6) is 0.359. The van der Waals surface area contributed by atoms with Gasteiger partial charge in [0.25, 0.3) is 0 Å². The number of carbonyl (C=O) groups is 1. The quantitative estimate of drug-likeness (QED) is 0.841. The third kappa shape index (κ3) is 3.48. The van der Waals surface area contributed by atoms with E-state index >= 15 is 0 Å². The van der Waals surface area contributed by atoms with E-state index in [2.05, 4.69) is 20.8 Å². The summed E-state index contributed by atoms with van der Waals surface area (Å²) in [5.41, 5.74) is 2.57. The number of fused-ring (bicyclic) bond motifs is 1. The Bertz CT molecular complexity index is 857. The zero-order valence-corrected chi connectivity index (χ0v) is 15.9. The largest absolute Gasteiger partial charge is 0.342 e. The molecule has 0 saturated carbocycles. The number of nitrogens with zero attached hydrogens (tertiary/aromatic N) is 4. The number of likely N-dealkylation sites (tertiary alicyclic amines) is 1. The van der Waals surface area contributed by atoms with Crippen LogP contribution in [-0.4, -0.2) is 38.0 Å². The van der Waals surface area contributed by atoms with Crippen LogP contribution in [0.1, 0.15) is 52.1 Å². The van der Waals surface area contributed by atoms with Crippen molar-refractivity contribution in [3.63, 3.8) is 0 Å². The van der Waals surface area contributed by atoms with E-state index in [0.29, 0.717) is 13.1 Å². The van der Waals surface area contributed by atoms with Gasteiger partial charge < -0.3 is 4.90 Å². The van der Waals surface area contributed by atoms with Gasteiger partial charge in [0.2, 0.25) is 5.91 Å². The second-order valence-corrected chi connectivity index (χ2v) is 8.37. The fourth-order valence-electron chi connectivity index (χ4n) is 3.65. The van der Waals surface area contributed by atoms with Gasteiger partial charge in [-0.05, 0) is 30.4 Å². The Morgan fingerprint density at radius 2 is 2.04 bits per heavy atom. The molecule has 0 aromatic carbocycles. The van der Waals surface area contributed by atoms with Gasteiger partial charge in [-0.3, -0.25) is 13.9 Å². The molecule has 1 saturated heterocycles. The molecule has 1 unspecified atom stereocenters. The molecule has 1 aliphatic rings. The summed E-state index contributed by atoms with van der Waals surface area (Å²) in [4.78, 5) is 31.0. The number of hydrogen-bond acceptors (Lipinski definition) is 3. The molecule has 3 rings (SSSR count). The highest BCUT2D eigenvalue weighted by Gasteiger charge is 2.25. The van der Waals surface area contributed by atoms with Gasteiger partial charge in [0.15, 0.2) is 5.65 Å². The van der Waals surface area contributed by atoms with Crippen molar-refractivity contribution in [2.45, 2.75) is 53.0 Å². The smallest absolute Gasteiger partial charge is 0.330 e. The summed E-state index contributed by atoms with van der Waals surface area (Å²) in [6, 6.07) is 4.03. The van der Waals surface area contributed by atoms with Crippen molar-refractivity contribution in [3.05, 3.63) is 28.3 Å². The average Bonchev–Trinajstić information content (AvgIpc) is 2.78. The molecular weight excluding hydrogens is 316 g/mol. The van der Waals surface area contributed by atoms with Gasteiger partial charge in [-0.2, -0.15) is 0 Å². The van der Waals surface area contributed by atoms with E-state index in [1.54, 1.807) is 18.5 Å². The second kappa shape index (κ2) is 6.32. The number of rotatable bonds is 2. The van der Waals surface area contributed by atoms with Crippen LogP contribution >= 0.6 is 0 Å². The van der Waals surface area contributed by atoms with Gasteiger partial charge in [-0.15, -0.1) is 0 Å². The van der Waals surface area contributed by atoms with Crippen molar-refractivity contribution in [1.82, 2.24) is 19.0 Å². The van der Waals surface area contributed by atoms with E-state index in [9.17, 15) is 9.59 Å². The Labute approximate surface area is 148 Å². The Morgan fingerprint density at radius 3 is 2.68 bits per heavy atom. The predicted molar refractivity (Wildman–Crippen MR) is 98.7 cm³/mol. The molecule has 0 radical (unpaired) electrons. The topological polar surface area (TPSA) is 60.1 Å². The fourth-order valence-corrected chi connectivity index (χ4v) is 3.65. The van der Waals surface area contributed by atoms with E-state index in [1.807, 2.05) is 21.6 Å². The second-order valence-electron chi connectivity index (χ2n) is 8.37. The molecule has 6 heteroatoms. The number of aromatic nitrogens is 3. The first kappa shape index (κ1) is 17.7. The Hall–Kier alpha value is -2.11. The maximum absolute atomic E-state index is 12.6. The van der Waals surface area contributed by atoms with Gasteiger partial charge >= 0.3 is 5.69 Å². The third-order valence-corrected chi connectivity index (χ3v) is 4.92. The molecule has 1 atom stereocenters. The number of imidazole rings is 1. The Balaban J connectivity index is 1.99. The molecule has 6 nitrogen and oxygen atoms in total. The predicted octanol–water partition coefficient (Wildman–Crippen LogP) is 2.51. The first-order valence-corrected chi connectivity index (χ1v) is 8.99. The lowest BCUT2D eigenvalue weighted by Crippen LogP contribution is -2.37. The van der Waals surface area contributed by atoms with Crippen molar-refractivity contribution in [1.29, 1.82) is 0 Å². The van der Waals surface area contributed by atoms with Gasteiger partial charge in [0, 0.05) is 45.2 Å². The molecule has 2 aromatic rings. The lowest BCUT2D eigenvalue weighted by atomic mass is 9.94. The molecular formula is C19H28N4O2. The van der Waals surface area contributed by atoms with Crippen LogP contribution in [0.25, 0.3) is 11.2 Å². The summed E-state index contributed by atoms with van der Waals surface area (Å²) >= 11 is 0. The fraction of sp³-hybridized carbons (Fsp3) is 0.632. The first-order valence-electron chi connectivity index (χ1n) is 8.99. The molecule has 0 aliphatic carbocycles. The SMILES string of the molecule is CC(=O)N1CCCC(c2ccc3c(n2)n(C)c(=O)n3CC(C)(C)C)C1. The summed E-state index contributed by atoms with van der Waals surface area (Å²) in [6.07, 6.45) is 2.02. The van der Waals surface area contributed by atoms with Gasteiger partial charge in [-0.25, -0.2) is 9.78 Å². The van der Waals surface area contributed by atoms with Crippen LogP contribution in [0, 0.1) is 5.41 Å². The molecule has 1 aliphatic heterocycles. The van der Waals surface area contributed by atoms with Crippen LogP contribution < -0.4 is 5.69 Å². The summed E-state index contributed by atoms with van der Waals surface area (Å²) in [7, 11) is 1.78. The highest BCUT2D eigenvalue weighted by Crippen LogP contribution is 2.27. The van der Waals surface area contributed by atoms with Crippen molar-refractivity contribution >= 4 is 17.1 Å². The summed E-state index contributed by atoms with van der Waals surface area (Å²) in [5, 5.41) is 0. The number of piperidine rings is 1. The number of hydrogen-bond donors (Lipinski definition) is 0. The molecule has 25 heavy (non-hydrogen) atoms. The highest BCUT2D eigenvalue weighted by molar-refractivity contribution is 5.74. The number of carbonyl (C=O) groups excluding carboxylic acids is 1. The van der Waals surface area contributed by atoms with Crippen LogP contribution in [0.3, 0.4) is 0 Å². The Kier molecular flexibility index (Phi) is 4.47. The van der Waals surface area contributed by atoms with Crippen molar-refractivity contribution in [2.24, 2.45) is 12.5 Å². The van der Waals surface area contributed by atoms with Crippen LogP contribution in [-0.2, 0) is 18.4 Å². The normalized spacial score (nSPS) is 18.8. The monoisotopic (exact) mass is 344 g/mol. The summed E-state index contributed by atoms with van der Waals surface area (Å²) < 4.78 is 3.45. The van der Waals surface area contributed by atoms with E-state index in [0.717, 1.165) is 36.2 Å².